The first-order valence-electron chi connectivity index (χ1n) is 9.63. The van der Waals surface area contributed by atoms with Crippen LogP contribution < -0.4 is 5.32 Å². The molecule has 0 aromatic heterocycles. The Hall–Kier alpha value is -1.67. The monoisotopic (exact) mass is 339 g/mol. The van der Waals surface area contributed by atoms with E-state index in [9.17, 15) is 4.79 Å². The molecule has 1 unspecified atom stereocenters. The standard InChI is InChI=1S/C23H33NO/c1-5-6-7-19(17(2)3)8-9-22-16-21(10-11-23(22)18(4)25)20-12-14-24-15-13-20/h5,10-11,16,19-20,24H,1-2,6-9,12-15H2,3-4H3. The number of carbonyl (C=O) groups is 1. The zero-order chi connectivity index (χ0) is 18.2. The molecule has 1 heterocycles. The van der Waals surface area contributed by atoms with E-state index < -0.39 is 0 Å². The minimum atomic E-state index is 0.171. The fraction of sp³-hybridized carbons (Fsp3) is 0.522. The number of allylic oxidation sites excluding steroid dienone is 2. The Morgan fingerprint density at radius 3 is 2.60 bits per heavy atom. The molecule has 1 N–H and O–H groups in total. The smallest absolute Gasteiger partial charge is 0.160 e. The van der Waals surface area contributed by atoms with Crippen LogP contribution >= 0.6 is 0 Å². The van der Waals surface area contributed by atoms with Gasteiger partial charge in [0.1, 0.15) is 0 Å². The van der Waals surface area contributed by atoms with E-state index in [0.717, 1.165) is 44.3 Å². The lowest BCUT2D eigenvalue weighted by atomic mass is 9.85. The third kappa shape index (κ3) is 5.67. The highest BCUT2D eigenvalue weighted by molar-refractivity contribution is 5.95. The number of rotatable bonds is 9. The molecule has 0 bridgehead atoms. The third-order valence-corrected chi connectivity index (χ3v) is 5.50. The SMILES string of the molecule is C=CCCC(CCc1cc(C2CCNCC2)ccc1C(C)=O)C(=C)C. The Kier molecular flexibility index (Phi) is 7.64. The second-order valence-electron chi connectivity index (χ2n) is 7.45. The van der Waals surface area contributed by atoms with Gasteiger partial charge in [0.2, 0.25) is 0 Å². The van der Waals surface area contributed by atoms with Crippen molar-refractivity contribution in [2.45, 2.75) is 58.3 Å². The number of Topliss-reactive ketones (excluding diaryl/α,β-unsaturated/α-hetero) is 1. The van der Waals surface area contributed by atoms with Gasteiger partial charge >= 0.3 is 0 Å². The van der Waals surface area contributed by atoms with Crippen LogP contribution in [0.4, 0.5) is 0 Å². The minimum Gasteiger partial charge on any atom is -0.317 e. The van der Waals surface area contributed by atoms with Gasteiger partial charge in [0.15, 0.2) is 5.78 Å². The number of hydrogen-bond acceptors (Lipinski definition) is 2. The van der Waals surface area contributed by atoms with Crippen LogP contribution in [-0.2, 0) is 6.42 Å². The number of hydrogen-bond donors (Lipinski definition) is 1. The molecule has 2 nitrogen and oxygen atoms in total. The molecule has 0 aliphatic carbocycles. The maximum absolute atomic E-state index is 12.1. The number of nitrogens with one attached hydrogen (secondary N) is 1. The van der Waals surface area contributed by atoms with E-state index in [0.29, 0.717) is 11.8 Å². The molecule has 1 aliphatic heterocycles. The van der Waals surface area contributed by atoms with Crippen LogP contribution in [0.1, 0.15) is 73.4 Å². The van der Waals surface area contributed by atoms with Gasteiger partial charge in [-0.2, -0.15) is 0 Å². The Morgan fingerprint density at radius 1 is 1.28 bits per heavy atom. The number of piperidine rings is 1. The van der Waals surface area contributed by atoms with E-state index in [1.807, 2.05) is 6.08 Å². The summed E-state index contributed by atoms with van der Waals surface area (Å²) in [5, 5.41) is 3.43. The molecule has 1 saturated heterocycles. The van der Waals surface area contributed by atoms with Gasteiger partial charge in [-0.1, -0.05) is 36.4 Å². The van der Waals surface area contributed by atoms with E-state index in [1.165, 1.54) is 29.5 Å². The molecule has 0 radical (unpaired) electrons. The molecule has 25 heavy (non-hydrogen) atoms. The molecule has 0 saturated carbocycles. The molecular formula is C23H33NO. The summed E-state index contributed by atoms with van der Waals surface area (Å²) in [6.45, 7) is 14.0. The van der Waals surface area contributed by atoms with Crippen LogP contribution in [0.25, 0.3) is 0 Å². The van der Waals surface area contributed by atoms with Gasteiger partial charge in [-0.25, -0.2) is 0 Å². The molecular weight excluding hydrogens is 306 g/mol. The van der Waals surface area contributed by atoms with Crippen LogP contribution in [0.15, 0.2) is 43.0 Å². The van der Waals surface area contributed by atoms with Gasteiger partial charge in [0.05, 0.1) is 0 Å². The summed E-state index contributed by atoms with van der Waals surface area (Å²) in [5.41, 5.74) is 4.75. The van der Waals surface area contributed by atoms with Crippen LogP contribution in [0.2, 0.25) is 0 Å². The number of benzene rings is 1. The molecule has 2 heteroatoms. The number of aryl methyl sites for hydroxylation is 1. The Labute approximate surface area is 153 Å². The van der Waals surface area contributed by atoms with E-state index in [4.69, 9.17) is 0 Å². The highest BCUT2D eigenvalue weighted by atomic mass is 16.1. The lowest BCUT2D eigenvalue weighted by Gasteiger charge is -2.24. The fourth-order valence-corrected chi connectivity index (χ4v) is 3.86. The van der Waals surface area contributed by atoms with Crippen molar-refractivity contribution in [3.05, 3.63) is 59.7 Å². The molecule has 1 atom stereocenters. The van der Waals surface area contributed by atoms with Crippen LogP contribution in [0.3, 0.4) is 0 Å². The van der Waals surface area contributed by atoms with Crippen molar-refractivity contribution in [2.75, 3.05) is 13.1 Å². The van der Waals surface area contributed by atoms with Crippen LogP contribution in [-0.4, -0.2) is 18.9 Å². The second kappa shape index (κ2) is 9.72. The summed E-state index contributed by atoms with van der Waals surface area (Å²) in [7, 11) is 0. The van der Waals surface area contributed by atoms with Crippen LogP contribution in [0.5, 0.6) is 0 Å². The van der Waals surface area contributed by atoms with Crippen molar-refractivity contribution in [1.29, 1.82) is 0 Å². The normalized spacial score (nSPS) is 16.4. The maximum atomic E-state index is 12.1. The molecule has 2 rings (SSSR count). The van der Waals surface area contributed by atoms with Gasteiger partial charge < -0.3 is 5.32 Å². The molecule has 1 aromatic carbocycles. The molecule has 136 valence electrons. The zero-order valence-electron chi connectivity index (χ0n) is 15.9. The summed E-state index contributed by atoms with van der Waals surface area (Å²) >= 11 is 0. The largest absolute Gasteiger partial charge is 0.317 e. The van der Waals surface area contributed by atoms with Gasteiger partial charge in [-0.15, -0.1) is 6.58 Å². The molecule has 1 aliphatic rings. The lowest BCUT2D eigenvalue weighted by molar-refractivity contribution is 0.101. The van der Waals surface area contributed by atoms with E-state index in [2.05, 4.69) is 43.6 Å². The highest BCUT2D eigenvalue weighted by Gasteiger charge is 2.18. The van der Waals surface area contributed by atoms with Gasteiger partial charge in [0.25, 0.3) is 0 Å². The summed E-state index contributed by atoms with van der Waals surface area (Å²) in [5.74, 6) is 1.30. The average Bonchev–Trinajstić information content (AvgIpc) is 2.61. The first-order chi connectivity index (χ1) is 12.0. The Morgan fingerprint density at radius 2 is 2.00 bits per heavy atom. The minimum absolute atomic E-state index is 0.171. The fourth-order valence-electron chi connectivity index (χ4n) is 3.86. The summed E-state index contributed by atoms with van der Waals surface area (Å²) in [6.07, 6.45) is 8.48. The van der Waals surface area contributed by atoms with Crippen molar-refractivity contribution >= 4 is 5.78 Å². The van der Waals surface area contributed by atoms with Crippen molar-refractivity contribution in [3.63, 3.8) is 0 Å². The van der Waals surface area contributed by atoms with Crippen molar-refractivity contribution in [1.82, 2.24) is 5.32 Å². The first-order valence-corrected chi connectivity index (χ1v) is 9.63. The number of carbonyl (C=O) groups excluding carboxylic acids is 1. The summed E-state index contributed by atoms with van der Waals surface area (Å²) in [4.78, 5) is 12.1. The van der Waals surface area contributed by atoms with Gasteiger partial charge in [-0.05, 0) is 88.4 Å². The van der Waals surface area contributed by atoms with Crippen molar-refractivity contribution in [3.8, 4) is 0 Å². The first kappa shape index (κ1) is 19.7. The van der Waals surface area contributed by atoms with Crippen LogP contribution in [0, 0.1) is 5.92 Å². The molecule has 0 amide bonds. The molecule has 0 spiro atoms. The maximum Gasteiger partial charge on any atom is 0.160 e. The average molecular weight is 340 g/mol. The molecule has 1 fully saturated rings. The predicted octanol–water partition coefficient (Wildman–Crippen LogP) is 5.45. The second-order valence-corrected chi connectivity index (χ2v) is 7.45. The van der Waals surface area contributed by atoms with Gasteiger partial charge in [-0.3, -0.25) is 4.79 Å². The summed E-state index contributed by atoms with van der Waals surface area (Å²) in [6, 6.07) is 6.52. The molecule has 1 aromatic rings. The number of ketones is 1. The topological polar surface area (TPSA) is 29.1 Å². The third-order valence-electron chi connectivity index (χ3n) is 5.50. The van der Waals surface area contributed by atoms with E-state index in [-0.39, 0.29) is 5.78 Å². The van der Waals surface area contributed by atoms with Crippen molar-refractivity contribution < 1.29 is 4.79 Å². The Balaban J connectivity index is 2.16. The predicted molar refractivity (Wildman–Crippen MR) is 107 cm³/mol. The lowest BCUT2D eigenvalue weighted by Crippen LogP contribution is -2.26. The quantitative estimate of drug-likeness (QED) is 0.479. The van der Waals surface area contributed by atoms with Gasteiger partial charge in [0, 0.05) is 5.56 Å². The zero-order valence-corrected chi connectivity index (χ0v) is 15.9. The van der Waals surface area contributed by atoms with E-state index in [1.54, 1.807) is 6.92 Å². The van der Waals surface area contributed by atoms with Crippen molar-refractivity contribution in [2.24, 2.45) is 5.92 Å². The highest BCUT2D eigenvalue weighted by Crippen LogP contribution is 2.29. The van der Waals surface area contributed by atoms with E-state index >= 15 is 0 Å². The summed E-state index contributed by atoms with van der Waals surface area (Å²) < 4.78 is 0. The Bertz CT molecular complexity index is 611.